The number of anilines is 1. The van der Waals surface area contributed by atoms with Crippen LogP contribution in [-0.2, 0) is 6.54 Å². The van der Waals surface area contributed by atoms with Crippen molar-refractivity contribution in [2.24, 2.45) is 5.92 Å². The highest BCUT2D eigenvalue weighted by atomic mass is 16.3. The Labute approximate surface area is 122 Å². The van der Waals surface area contributed by atoms with E-state index in [0.717, 1.165) is 32.1 Å². The molecule has 1 aromatic carbocycles. The molecule has 1 saturated heterocycles. The van der Waals surface area contributed by atoms with E-state index in [2.05, 4.69) is 42.3 Å². The van der Waals surface area contributed by atoms with E-state index < -0.39 is 0 Å². The summed E-state index contributed by atoms with van der Waals surface area (Å²) < 4.78 is 0. The zero-order valence-electron chi connectivity index (χ0n) is 12.6. The van der Waals surface area contributed by atoms with Crippen LogP contribution in [0, 0.1) is 12.8 Å². The molecule has 1 aliphatic carbocycles. The highest BCUT2D eigenvalue weighted by molar-refractivity contribution is 5.51. The van der Waals surface area contributed by atoms with Gasteiger partial charge in [-0.25, -0.2) is 0 Å². The first-order valence-corrected chi connectivity index (χ1v) is 7.89. The van der Waals surface area contributed by atoms with Crippen molar-refractivity contribution in [2.45, 2.75) is 51.8 Å². The second-order valence-corrected chi connectivity index (χ2v) is 6.55. The number of nitrogens with zero attached hydrogens (tertiary/aromatic N) is 1. The Morgan fingerprint density at radius 2 is 2.10 bits per heavy atom. The van der Waals surface area contributed by atoms with Gasteiger partial charge in [0.2, 0.25) is 0 Å². The van der Waals surface area contributed by atoms with Gasteiger partial charge in [0.15, 0.2) is 0 Å². The van der Waals surface area contributed by atoms with Crippen LogP contribution < -0.4 is 10.2 Å². The fourth-order valence-electron chi connectivity index (χ4n) is 2.90. The van der Waals surface area contributed by atoms with Gasteiger partial charge in [0.25, 0.3) is 0 Å². The standard InChI is InChI=1S/C17H26N2O/c1-12-7-8-19(11-17(12)20)16-6-3-14(13(2)9-16)10-18-15-4-5-15/h3,6,9,12,15,17-18,20H,4-5,7-8,10-11H2,1-2H3. The Morgan fingerprint density at radius 1 is 1.30 bits per heavy atom. The van der Waals surface area contributed by atoms with Crippen LogP contribution in [0.25, 0.3) is 0 Å². The molecule has 1 saturated carbocycles. The minimum atomic E-state index is -0.194. The van der Waals surface area contributed by atoms with Crippen LogP contribution in [0.4, 0.5) is 5.69 Å². The predicted octanol–water partition coefficient (Wildman–Crippen LogP) is 2.45. The molecule has 2 aliphatic rings. The van der Waals surface area contributed by atoms with E-state index in [1.165, 1.54) is 29.7 Å². The van der Waals surface area contributed by atoms with Gasteiger partial charge in [0.05, 0.1) is 6.10 Å². The number of aryl methyl sites for hydroxylation is 1. The Hall–Kier alpha value is -1.06. The molecule has 1 aliphatic heterocycles. The quantitative estimate of drug-likeness (QED) is 0.885. The summed E-state index contributed by atoms with van der Waals surface area (Å²) in [7, 11) is 0. The molecule has 3 nitrogen and oxygen atoms in total. The van der Waals surface area contributed by atoms with Gasteiger partial charge in [-0.05, 0) is 55.4 Å². The third-order valence-electron chi connectivity index (χ3n) is 4.77. The number of aliphatic hydroxyl groups is 1. The summed E-state index contributed by atoms with van der Waals surface area (Å²) in [4.78, 5) is 2.32. The van der Waals surface area contributed by atoms with Crippen molar-refractivity contribution in [2.75, 3.05) is 18.0 Å². The number of hydrogen-bond acceptors (Lipinski definition) is 3. The molecule has 3 rings (SSSR count). The summed E-state index contributed by atoms with van der Waals surface area (Å²) in [5, 5.41) is 13.6. The van der Waals surface area contributed by atoms with Crippen LogP contribution in [0.1, 0.15) is 37.3 Å². The van der Waals surface area contributed by atoms with Crippen molar-refractivity contribution in [1.29, 1.82) is 0 Å². The average molecular weight is 274 g/mol. The smallest absolute Gasteiger partial charge is 0.0741 e. The van der Waals surface area contributed by atoms with E-state index >= 15 is 0 Å². The number of hydrogen-bond donors (Lipinski definition) is 2. The third kappa shape index (κ3) is 3.15. The number of nitrogens with one attached hydrogen (secondary N) is 1. The van der Waals surface area contributed by atoms with E-state index in [-0.39, 0.29) is 6.10 Å². The lowest BCUT2D eigenvalue weighted by molar-refractivity contribution is 0.103. The summed E-state index contributed by atoms with van der Waals surface area (Å²) in [6.45, 7) is 7.13. The molecular formula is C17H26N2O. The van der Waals surface area contributed by atoms with Crippen LogP contribution in [0.3, 0.4) is 0 Å². The van der Waals surface area contributed by atoms with E-state index in [1.807, 2.05) is 0 Å². The molecule has 1 heterocycles. The van der Waals surface area contributed by atoms with Gasteiger partial charge in [0, 0.05) is 31.4 Å². The first-order chi connectivity index (χ1) is 9.63. The Bertz CT molecular complexity index is 470. The minimum absolute atomic E-state index is 0.194. The molecule has 0 amide bonds. The Kier molecular flexibility index (Phi) is 3.99. The van der Waals surface area contributed by atoms with Gasteiger partial charge in [-0.1, -0.05) is 13.0 Å². The molecule has 2 fully saturated rings. The largest absolute Gasteiger partial charge is 0.391 e. The van der Waals surface area contributed by atoms with E-state index in [0.29, 0.717) is 5.92 Å². The molecule has 0 aromatic heterocycles. The van der Waals surface area contributed by atoms with Crippen molar-refractivity contribution in [3.05, 3.63) is 29.3 Å². The fourth-order valence-corrected chi connectivity index (χ4v) is 2.90. The normalized spacial score (nSPS) is 26.9. The van der Waals surface area contributed by atoms with Crippen molar-refractivity contribution < 1.29 is 5.11 Å². The number of aliphatic hydroxyl groups excluding tert-OH is 1. The highest BCUT2D eigenvalue weighted by Gasteiger charge is 2.24. The molecule has 110 valence electrons. The lowest BCUT2D eigenvalue weighted by Crippen LogP contribution is -2.42. The summed E-state index contributed by atoms with van der Waals surface area (Å²) in [6.07, 6.45) is 3.55. The van der Waals surface area contributed by atoms with E-state index in [1.54, 1.807) is 0 Å². The zero-order valence-corrected chi connectivity index (χ0v) is 12.6. The second-order valence-electron chi connectivity index (χ2n) is 6.55. The van der Waals surface area contributed by atoms with Crippen LogP contribution >= 0.6 is 0 Å². The maximum atomic E-state index is 10.0. The second kappa shape index (κ2) is 5.74. The molecule has 0 radical (unpaired) electrons. The molecule has 1 aromatic rings. The van der Waals surface area contributed by atoms with Crippen LogP contribution in [0.5, 0.6) is 0 Å². The monoisotopic (exact) mass is 274 g/mol. The van der Waals surface area contributed by atoms with Crippen LogP contribution in [0.15, 0.2) is 18.2 Å². The van der Waals surface area contributed by atoms with E-state index in [4.69, 9.17) is 0 Å². The van der Waals surface area contributed by atoms with Crippen LogP contribution in [-0.4, -0.2) is 30.3 Å². The van der Waals surface area contributed by atoms with Crippen molar-refractivity contribution in [1.82, 2.24) is 5.32 Å². The maximum absolute atomic E-state index is 10.0. The van der Waals surface area contributed by atoms with Crippen molar-refractivity contribution >= 4 is 5.69 Å². The van der Waals surface area contributed by atoms with Gasteiger partial charge in [0.1, 0.15) is 0 Å². The Morgan fingerprint density at radius 3 is 2.75 bits per heavy atom. The van der Waals surface area contributed by atoms with Gasteiger partial charge in [-0.2, -0.15) is 0 Å². The third-order valence-corrected chi connectivity index (χ3v) is 4.77. The van der Waals surface area contributed by atoms with Crippen LogP contribution in [0.2, 0.25) is 0 Å². The average Bonchev–Trinajstić information content (AvgIpc) is 3.24. The molecule has 0 bridgehead atoms. The van der Waals surface area contributed by atoms with Gasteiger partial charge < -0.3 is 15.3 Å². The number of rotatable bonds is 4. The lowest BCUT2D eigenvalue weighted by Gasteiger charge is -2.36. The summed E-state index contributed by atoms with van der Waals surface area (Å²) >= 11 is 0. The molecular weight excluding hydrogens is 248 g/mol. The number of piperidine rings is 1. The first-order valence-electron chi connectivity index (χ1n) is 7.89. The first kappa shape index (κ1) is 13.9. The molecule has 0 spiro atoms. The van der Waals surface area contributed by atoms with E-state index in [9.17, 15) is 5.11 Å². The van der Waals surface area contributed by atoms with Gasteiger partial charge >= 0.3 is 0 Å². The number of β-amino-alcohol motifs (C(OH)–C–C–N with tert-alkyl or cyclic N) is 1. The van der Waals surface area contributed by atoms with Crippen molar-refractivity contribution in [3.63, 3.8) is 0 Å². The van der Waals surface area contributed by atoms with Crippen molar-refractivity contribution in [3.8, 4) is 0 Å². The summed E-state index contributed by atoms with van der Waals surface area (Å²) in [5.41, 5.74) is 4.00. The molecule has 3 heteroatoms. The topological polar surface area (TPSA) is 35.5 Å². The fraction of sp³-hybridized carbons (Fsp3) is 0.647. The lowest BCUT2D eigenvalue weighted by atomic mass is 9.95. The molecule has 20 heavy (non-hydrogen) atoms. The SMILES string of the molecule is Cc1cc(N2CCC(C)C(O)C2)ccc1CNC1CC1. The van der Waals surface area contributed by atoms with Gasteiger partial charge in [-0.15, -0.1) is 0 Å². The molecule has 2 unspecified atom stereocenters. The molecule has 2 atom stereocenters. The summed E-state index contributed by atoms with van der Waals surface area (Å²) in [5.74, 6) is 0.425. The number of benzene rings is 1. The Balaban J connectivity index is 1.66. The zero-order chi connectivity index (χ0) is 14.1. The molecule has 2 N–H and O–H groups in total. The predicted molar refractivity (Wildman–Crippen MR) is 83.0 cm³/mol. The minimum Gasteiger partial charge on any atom is -0.391 e. The summed E-state index contributed by atoms with van der Waals surface area (Å²) in [6, 6.07) is 7.48. The maximum Gasteiger partial charge on any atom is 0.0741 e. The van der Waals surface area contributed by atoms with Gasteiger partial charge in [-0.3, -0.25) is 0 Å². The highest BCUT2D eigenvalue weighted by Crippen LogP contribution is 2.26.